The van der Waals surface area contributed by atoms with Gasteiger partial charge in [-0.2, -0.15) is 4.72 Å². The molecule has 9 nitrogen and oxygen atoms in total. The lowest BCUT2D eigenvalue weighted by atomic mass is 10.00. The Morgan fingerprint density at radius 1 is 0.970 bits per heavy atom. The van der Waals surface area contributed by atoms with Gasteiger partial charge in [0.15, 0.2) is 0 Å². The molecule has 4 N–H and O–H groups in total. The predicted octanol–water partition coefficient (Wildman–Crippen LogP) is 2.49. The fraction of sp³-hybridized carbons (Fsp3) is 0.409. The van der Waals surface area contributed by atoms with Gasteiger partial charge in [0.1, 0.15) is 0 Å². The van der Waals surface area contributed by atoms with Crippen molar-refractivity contribution in [3.63, 3.8) is 0 Å². The van der Waals surface area contributed by atoms with Gasteiger partial charge >= 0.3 is 0 Å². The largest absolute Gasteiger partial charge is 0.326 e. The highest BCUT2D eigenvalue weighted by Gasteiger charge is 2.23. The predicted molar refractivity (Wildman–Crippen MR) is 126 cm³/mol. The minimum Gasteiger partial charge on any atom is -0.326 e. The SMILES string of the molecule is CC(=O)Nc1ccc(S(=O)(=O)N[C@@H](C)C(=O)NNC(=O)c2cc3c(s2)CCCCCC3)cc1. The van der Waals surface area contributed by atoms with Crippen LogP contribution < -0.4 is 20.9 Å². The first-order chi connectivity index (χ1) is 15.7. The molecule has 1 aromatic heterocycles. The molecule has 1 aromatic carbocycles. The van der Waals surface area contributed by atoms with Gasteiger partial charge in [-0.1, -0.05) is 12.8 Å². The Morgan fingerprint density at radius 2 is 1.64 bits per heavy atom. The first-order valence-electron chi connectivity index (χ1n) is 10.8. The van der Waals surface area contributed by atoms with Crippen LogP contribution in [0.1, 0.15) is 59.6 Å². The number of hydrogen-bond donors (Lipinski definition) is 4. The van der Waals surface area contributed by atoms with Crippen LogP contribution in [0.4, 0.5) is 5.69 Å². The molecule has 0 saturated heterocycles. The topological polar surface area (TPSA) is 133 Å². The van der Waals surface area contributed by atoms with Crippen molar-refractivity contribution in [2.45, 2.75) is 63.3 Å². The number of carbonyl (C=O) groups excluding carboxylic acids is 3. The third kappa shape index (κ3) is 6.86. The molecule has 33 heavy (non-hydrogen) atoms. The Balaban J connectivity index is 1.55. The average molecular weight is 493 g/mol. The zero-order valence-electron chi connectivity index (χ0n) is 18.6. The zero-order chi connectivity index (χ0) is 24.0. The lowest BCUT2D eigenvalue weighted by molar-refractivity contribution is -0.123. The summed E-state index contributed by atoms with van der Waals surface area (Å²) in [5.74, 6) is -1.40. The van der Waals surface area contributed by atoms with Gasteiger partial charge in [-0.25, -0.2) is 8.42 Å². The average Bonchev–Trinajstić information content (AvgIpc) is 3.13. The van der Waals surface area contributed by atoms with Crippen molar-refractivity contribution in [3.8, 4) is 0 Å². The van der Waals surface area contributed by atoms with Crippen molar-refractivity contribution >= 4 is 44.8 Å². The monoisotopic (exact) mass is 492 g/mol. The van der Waals surface area contributed by atoms with Crippen molar-refractivity contribution in [1.82, 2.24) is 15.6 Å². The molecule has 1 aliphatic rings. The van der Waals surface area contributed by atoms with E-state index in [9.17, 15) is 22.8 Å². The fourth-order valence-corrected chi connectivity index (χ4v) is 5.87. The summed E-state index contributed by atoms with van der Waals surface area (Å²) in [6, 6.07) is 6.29. The molecule has 1 atom stereocenters. The number of nitrogens with one attached hydrogen (secondary N) is 4. The highest BCUT2D eigenvalue weighted by Crippen LogP contribution is 2.28. The minimum atomic E-state index is -3.98. The number of anilines is 1. The zero-order valence-corrected chi connectivity index (χ0v) is 20.2. The molecule has 0 aliphatic heterocycles. The van der Waals surface area contributed by atoms with E-state index < -0.39 is 27.9 Å². The van der Waals surface area contributed by atoms with Crippen LogP contribution >= 0.6 is 11.3 Å². The van der Waals surface area contributed by atoms with Crippen LogP contribution in [0.3, 0.4) is 0 Å². The summed E-state index contributed by atoms with van der Waals surface area (Å²) in [6.07, 6.45) is 6.52. The van der Waals surface area contributed by atoms with Gasteiger partial charge in [0.2, 0.25) is 15.9 Å². The van der Waals surface area contributed by atoms with Crippen LogP contribution in [-0.2, 0) is 32.5 Å². The second-order valence-electron chi connectivity index (χ2n) is 7.97. The molecular formula is C22H28N4O5S2. The van der Waals surface area contributed by atoms with E-state index in [1.54, 1.807) is 0 Å². The number of sulfonamides is 1. The molecule has 3 rings (SSSR count). The molecule has 1 heterocycles. The first kappa shape index (κ1) is 24.9. The number of fused-ring (bicyclic) bond motifs is 1. The van der Waals surface area contributed by atoms with E-state index in [1.165, 1.54) is 72.7 Å². The molecule has 2 aromatic rings. The Labute approximate surface area is 197 Å². The van der Waals surface area contributed by atoms with Crippen LogP contribution in [0.2, 0.25) is 0 Å². The standard InChI is InChI=1S/C22H28N4O5S2/c1-14(26-33(30,31)18-11-9-17(10-12-18)23-15(2)27)21(28)24-25-22(29)20-13-16-7-5-3-4-6-8-19(16)32-20/h9-14,26H,3-8H2,1-2H3,(H,23,27)(H,24,28)(H,25,29)/t14-/m0/s1. The minimum absolute atomic E-state index is 0.0590. The number of hydrazine groups is 1. The second kappa shape index (κ2) is 10.9. The van der Waals surface area contributed by atoms with Crippen molar-refractivity contribution in [3.05, 3.63) is 45.6 Å². The molecular weight excluding hydrogens is 464 g/mol. The number of hydrogen-bond acceptors (Lipinski definition) is 6. The van der Waals surface area contributed by atoms with Gasteiger partial charge in [0, 0.05) is 17.5 Å². The molecule has 0 fully saturated rings. The van der Waals surface area contributed by atoms with E-state index in [1.807, 2.05) is 6.07 Å². The maximum atomic E-state index is 12.5. The number of aryl methyl sites for hydroxylation is 2. The molecule has 0 saturated carbocycles. The normalized spacial score (nSPS) is 14.8. The van der Waals surface area contributed by atoms with Crippen molar-refractivity contribution in [2.24, 2.45) is 0 Å². The second-order valence-corrected chi connectivity index (χ2v) is 10.8. The number of amides is 3. The highest BCUT2D eigenvalue weighted by atomic mass is 32.2. The lowest BCUT2D eigenvalue weighted by Gasteiger charge is -2.15. The molecule has 3 amide bonds. The van der Waals surface area contributed by atoms with Gasteiger partial charge in [-0.05, 0) is 68.5 Å². The number of thiophene rings is 1. The molecule has 1 aliphatic carbocycles. The molecule has 178 valence electrons. The van der Waals surface area contributed by atoms with Crippen molar-refractivity contribution < 1.29 is 22.8 Å². The van der Waals surface area contributed by atoms with Crippen molar-refractivity contribution in [2.75, 3.05) is 5.32 Å². The Morgan fingerprint density at radius 3 is 2.30 bits per heavy atom. The van der Waals surface area contributed by atoms with E-state index in [0.29, 0.717) is 10.6 Å². The van der Waals surface area contributed by atoms with Crippen LogP contribution in [0, 0.1) is 0 Å². The summed E-state index contributed by atoms with van der Waals surface area (Å²) in [7, 11) is -3.98. The Bertz CT molecular complexity index is 1100. The Kier molecular flexibility index (Phi) is 8.22. The van der Waals surface area contributed by atoms with Crippen LogP contribution in [-0.4, -0.2) is 32.2 Å². The first-order valence-corrected chi connectivity index (χ1v) is 13.1. The van der Waals surface area contributed by atoms with Gasteiger partial charge in [-0.3, -0.25) is 25.2 Å². The summed E-state index contributed by atoms with van der Waals surface area (Å²) in [5.41, 5.74) is 6.30. The van der Waals surface area contributed by atoms with Gasteiger partial charge in [0.25, 0.3) is 11.8 Å². The summed E-state index contributed by atoms with van der Waals surface area (Å²) in [5, 5.41) is 2.55. The molecule has 11 heteroatoms. The molecule has 0 spiro atoms. The van der Waals surface area contributed by atoms with Gasteiger partial charge < -0.3 is 5.32 Å². The smallest absolute Gasteiger partial charge is 0.279 e. The van der Waals surface area contributed by atoms with E-state index in [0.717, 1.165) is 25.7 Å². The van der Waals surface area contributed by atoms with Crippen LogP contribution in [0.15, 0.2) is 35.2 Å². The third-order valence-electron chi connectivity index (χ3n) is 5.23. The Hall–Kier alpha value is -2.76. The number of benzene rings is 1. The van der Waals surface area contributed by atoms with Crippen LogP contribution in [0.5, 0.6) is 0 Å². The molecule has 0 radical (unpaired) electrons. The lowest BCUT2D eigenvalue weighted by Crippen LogP contribution is -2.50. The third-order valence-corrected chi connectivity index (χ3v) is 8.02. The maximum absolute atomic E-state index is 12.5. The van der Waals surface area contributed by atoms with Gasteiger partial charge in [-0.15, -0.1) is 11.3 Å². The highest BCUT2D eigenvalue weighted by molar-refractivity contribution is 7.89. The summed E-state index contributed by atoms with van der Waals surface area (Å²) < 4.78 is 27.4. The van der Waals surface area contributed by atoms with E-state index in [4.69, 9.17) is 0 Å². The summed E-state index contributed by atoms with van der Waals surface area (Å²) >= 11 is 1.44. The van der Waals surface area contributed by atoms with Crippen molar-refractivity contribution in [1.29, 1.82) is 0 Å². The van der Waals surface area contributed by atoms with Crippen LogP contribution in [0.25, 0.3) is 0 Å². The van der Waals surface area contributed by atoms with Gasteiger partial charge in [0.05, 0.1) is 15.8 Å². The van der Waals surface area contributed by atoms with E-state index >= 15 is 0 Å². The summed E-state index contributed by atoms with van der Waals surface area (Å²) in [6.45, 7) is 2.72. The fourth-order valence-electron chi connectivity index (χ4n) is 3.52. The summed E-state index contributed by atoms with van der Waals surface area (Å²) in [4.78, 5) is 37.6. The molecule has 0 unspecified atom stereocenters. The molecule has 0 bridgehead atoms. The number of carbonyl (C=O) groups is 3. The quantitative estimate of drug-likeness (QED) is 0.460. The maximum Gasteiger partial charge on any atom is 0.279 e. The van der Waals surface area contributed by atoms with E-state index in [2.05, 4.69) is 20.9 Å². The van der Waals surface area contributed by atoms with E-state index in [-0.39, 0.29) is 10.8 Å². The number of rotatable bonds is 6.